The van der Waals surface area contributed by atoms with Crippen LogP contribution in [0.5, 0.6) is 0 Å². The second-order valence-electron chi connectivity index (χ2n) is 6.80. The van der Waals surface area contributed by atoms with Crippen molar-refractivity contribution >= 4 is 16.7 Å². The van der Waals surface area contributed by atoms with Crippen molar-refractivity contribution in [3.8, 4) is 0 Å². The summed E-state index contributed by atoms with van der Waals surface area (Å²) >= 11 is 0. The van der Waals surface area contributed by atoms with Gasteiger partial charge in [0.05, 0.1) is 0 Å². The van der Waals surface area contributed by atoms with E-state index >= 15 is 0 Å². The summed E-state index contributed by atoms with van der Waals surface area (Å²) in [5.41, 5.74) is 1.98. The van der Waals surface area contributed by atoms with Crippen molar-refractivity contribution in [3.05, 3.63) is 35.4 Å². The van der Waals surface area contributed by atoms with E-state index < -0.39 is 16.0 Å². The summed E-state index contributed by atoms with van der Waals surface area (Å²) in [6, 6.07) is 8.14. The van der Waals surface area contributed by atoms with E-state index in [-0.39, 0.29) is 11.4 Å². The van der Waals surface area contributed by atoms with Gasteiger partial charge in [-0.1, -0.05) is 38.1 Å². The lowest BCUT2D eigenvalue weighted by molar-refractivity contribution is -0.121. The SMILES string of the molecule is CC(C)c1ccc(C[S@](=O)[C@@H](C)C(=O)NC(C)(C)C)cc1. The highest BCUT2D eigenvalue weighted by molar-refractivity contribution is 7.85. The highest BCUT2D eigenvalue weighted by Gasteiger charge is 2.23. The van der Waals surface area contributed by atoms with Gasteiger partial charge < -0.3 is 5.32 Å². The molecule has 21 heavy (non-hydrogen) atoms. The van der Waals surface area contributed by atoms with Crippen molar-refractivity contribution < 1.29 is 9.00 Å². The summed E-state index contributed by atoms with van der Waals surface area (Å²) in [6.07, 6.45) is 0. The lowest BCUT2D eigenvalue weighted by Gasteiger charge is -2.23. The number of amides is 1. The molecule has 1 N–H and O–H groups in total. The molecule has 0 spiro atoms. The second-order valence-corrected chi connectivity index (χ2v) is 8.56. The summed E-state index contributed by atoms with van der Waals surface area (Å²) in [6.45, 7) is 11.8. The molecule has 1 aromatic carbocycles. The fourth-order valence-electron chi connectivity index (χ4n) is 1.88. The molecule has 1 amide bonds. The number of benzene rings is 1. The van der Waals surface area contributed by atoms with Crippen LogP contribution in [0.15, 0.2) is 24.3 Å². The van der Waals surface area contributed by atoms with E-state index in [1.54, 1.807) is 6.92 Å². The number of carbonyl (C=O) groups excluding carboxylic acids is 1. The molecule has 1 aromatic rings. The minimum atomic E-state index is -1.21. The van der Waals surface area contributed by atoms with Gasteiger partial charge in [-0.25, -0.2) is 0 Å². The van der Waals surface area contributed by atoms with Gasteiger partial charge in [-0.3, -0.25) is 9.00 Å². The first kappa shape index (κ1) is 17.9. The molecule has 0 bridgehead atoms. The maximum atomic E-state index is 12.3. The molecule has 0 saturated carbocycles. The van der Waals surface area contributed by atoms with Crippen LogP contribution in [0.3, 0.4) is 0 Å². The van der Waals surface area contributed by atoms with Crippen LogP contribution in [-0.4, -0.2) is 20.9 Å². The van der Waals surface area contributed by atoms with Crippen molar-refractivity contribution in [2.24, 2.45) is 0 Å². The molecule has 3 nitrogen and oxygen atoms in total. The standard InChI is InChI=1S/C17H27NO2S/c1-12(2)15-9-7-14(8-10-15)11-21(20)13(3)16(19)18-17(4,5)6/h7-10,12-13H,11H2,1-6H3,(H,18,19)/t13-,21-/m0/s1. The van der Waals surface area contributed by atoms with Gasteiger partial charge in [0, 0.05) is 22.1 Å². The van der Waals surface area contributed by atoms with Crippen LogP contribution in [-0.2, 0) is 21.3 Å². The van der Waals surface area contributed by atoms with Crippen LogP contribution in [0.2, 0.25) is 0 Å². The van der Waals surface area contributed by atoms with Crippen LogP contribution in [0, 0.1) is 0 Å². The molecule has 4 heteroatoms. The first-order valence-corrected chi connectivity index (χ1v) is 8.76. The number of rotatable bonds is 5. The zero-order chi connectivity index (χ0) is 16.2. The molecule has 0 saturated heterocycles. The summed E-state index contributed by atoms with van der Waals surface area (Å²) in [4.78, 5) is 12.0. The number of hydrogen-bond donors (Lipinski definition) is 1. The van der Waals surface area contributed by atoms with Gasteiger partial charge in [0.1, 0.15) is 5.25 Å². The molecular formula is C17H27NO2S. The van der Waals surface area contributed by atoms with Crippen molar-refractivity contribution in [2.75, 3.05) is 0 Å². The molecule has 0 aliphatic heterocycles. The Kier molecular flexibility index (Phi) is 6.14. The average molecular weight is 309 g/mol. The summed E-state index contributed by atoms with van der Waals surface area (Å²) in [5.74, 6) is 0.748. The molecule has 2 atom stereocenters. The number of nitrogens with one attached hydrogen (secondary N) is 1. The Bertz CT molecular complexity index is 501. The van der Waals surface area contributed by atoms with Crippen LogP contribution >= 0.6 is 0 Å². The predicted molar refractivity (Wildman–Crippen MR) is 89.7 cm³/mol. The normalized spacial score (nSPS) is 14.8. The van der Waals surface area contributed by atoms with Gasteiger partial charge in [-0.2, -0.15) is 0 Å². The second kappa shape index (κ2) is 7.21. The summed E-state index contributed by atoms with van der Waals surface area (Å²) in [7, 11) is -1.21. The predicted octanol–water partition coefficient (Wildman–Crippen LogP) is 3.36. The van der Waals surface area contributed by atoms with Crippen molar-refractivity contribution in [1.29, 1.82) is 0 Å². The molecular weight excluding hydrogens is 282 g/mol. The zero-order valence-electron chi connectivity index (χ0n) is 13.9. The minimum Gasteiger partial charge on any atom is -0.350 e. The fraction of sp³-hybridized carbons (Fsp3) is 0.588. The Morgan fingerprint density at radius 3 is 2.10 bits per heavy atom. The Morgan fingerprint density at radius 1 is 1.14 bits per heavy atom. The Balaban J connectivity index is 2.65. The highest BCUT2D eigenvalue weighted by Crippen LogP contribution is 2.16. The topological polar surface area (TPSA) is 46.2 Å². The molecule has 0 radical (unpaired) electrons. The van der Waals surface area contributed by atoms with Crippen molar-refractivity contribution in [3.63, 3.8) is 0 Å². The average Bonchev–Trinajstić information content (AvgIpc) is 2.36. The molecule has 0 heterocycles. The monoisotopic (exact) mass is 309 g/mol. The largest absolute Gasteiger partial charge is 0.350 e. The summed E-state index contributed by atoms with van der Waals surface area (Å²) in [5, 5.41) is 2.37. The zero-order valence-corrected chi connectivity index (χ0v) is 14.7. The van der Waals surface area contributed by atoms with E-state index in [1.807, 2.05) is 32.9 Å². The van der Waals surface area contributed by atoms with E-state index in [2.05, 4.69) is 31.3 Å². The van der Waals surface area contributed by atoms with Crippen molar-refractivity contribution in [2.45, 2.75) is 64.0 Å². The number of hydrogen-bond acceptors (Lipinski definition) is 2. The number of carbonyl (C=O) groups is 1. The van der Waals surface area contributed by atoms with Crippen molar-refractivity contribution in [1.82, 2.24) is 5.32 Å². The van der Waals surface area contributed by atoms with Gasteiger partial charge in [0.25, 0.3) is 0 Å². The molecule has 0 aliphatic carbocycles. The van der Waals surface area contributed by atoms with E-state index in [4.69, 9.17) is 0 Å². The smallest absolute Gasteiger partial charge is 0.235 e. The maximum Gasteiger partial charge on any atom is 0.235 e. The van der Waals surface area contributed by atoms with Crippen LogP contribution < -0.4 is 5.32 Å². The van der Waals surface area contributed by atoms with Crippen LogP contribution in [0.25, 0.3) is 0 Å². The lowest BCUT2D eigenvalue weighted by atomic mass is 10.0. The molecule has 0 unspecified atom stereocenters. The van der Waals surface area contributed by atoms with Gasteiger partial charge in [-0.05, 0) is 44.7 Å². The Morgan fingerprint density at radius 2 is 1.67 bits per heavy atom. The molecule has 0 aliphatic rings. The summed E-state index contributed by atoms with van der Waals surface area (Å²) < 4.78 is 12.3. The Labute approximate surface area is 131 Å². The van der Waals surface area contributed by atoms with E-state index in [1.165, 1.54) is 5.56 Å². The van der Waals surface area contributed by atoms with E-state index in [0.29, 0.717) is 11.7 Å². The van der Waals surface area contributed by atoms with Gasteiger partial charge in [0.15, 0.2) is 0 Å². The third-order valence-corrected chi connectivity index (χ3v) is 4.84. The maximum absolute atomic E-state index is 12.3. The van der Waals surface area contributed by atoms with Crippen LogP contribution in [0.1, 0.15) is 58.6 Å². The van der Waals surface area contributed by atoms with Gasteiger partial charge in [-0.15, -0.1) is 0 Å². The first-order valence-electron chi connectivity index (χ1n) is 7.38. The first-order chi connectivity index (χ1) is 9.60. The van der Waals surface area contributed by atoms with E-state index in [0.717, 1.165) is 5.56 Å². The van der Waals surface area contributed by atoms with Crippen LogP contribution in [0.4, 0.5) is 0 Å². The van der Waals surface area contributed by atoms with Gasteiger partial charge >= 0.3 is 0 Å². The molecule has 118 valence electrons. The molecule has 0 aromatic heterocycles. The fourth-order valence-corrected chi connectivity index (χ4v) is 2.95. The van der Waals surface area contributed by atoms with Gasteiger partial charge in [0.2, 0.25) is 5.91 Å². The molecule has 0 fully saturated rings. The van der Waals surface area contributed by atoms with E-state index in [9.17, 15) is 9.00 Å². The minimum absolute atomic E-state index is 0.153. The molecule has 1 rings (SSSR count). The third kappa shape index (κ3) is 6.00. The third-order valence-electron chi connectivity index (χ3n) is 3.22. The quantitative estimate of drug-likeness (QED) is 0.906. The lowest BCUT2D eigenvalue weighted by Crippen LogP contribution is -2.46. The highest BCUT2D eigenvalue weighted by atomic mass is 32.2. The Hall–Kier alpha value is -1.16.